The first kappa shape index (κ1) is 16.9. The quantitative estimate of drug-likeness (QED) is 0.726. The highest BCUT2D eigenvalue weighted by molar-refractivity contribution is 7.12. The van der Waals surface area contributed by atoms with Gasteiger partial charge in [0.05, 0.1) is 17.0 Å². The zero-order chi connectivity index (χ0) is 17.8. The van der Waals surface area contributed by atoms with E-state index in [0.29, 0.717) is 28.1 Å². The van der Waals surface area contributed by atoms with Gasteiger partial charge in [-0.1, -0.05) is 29.5 Å². The number of benzene rings is 2. The highest BCUT2D eigenvalue weighted by Gasteiger charge is 2.11. The Hall–Kier alpha value is -2.99. The van der Waals surface area contributed by atoms with E-state index in [1.54, 1.807) is 55.5 Å². The Kier molecular flexibility index (Phi) is 4.90. The summed E-state index contributed by atoms with van der Waals surface area (Å²) >= 11 is 0.907. The number of carbonyl (C=O) groups is 2. The molecule has 2 aromatic carbocycles. The highest BCUT2D eigenvalue weighted by atomic mass is 32.1. The van der Waals surface area contributed by atoms with E-state index in [1.807, 2.05) is 6.07 Å². The van der Waals surface area contributed by atoms with Crippen molar-refractivity contribution in [1.29, 1.82) is 0 Å². The van der Waals surface area contributed by atoms with Crippen LogP contribution in [-0.2, 0) is 4.74 Å². The molecule has 0 saturated carbocycles. The number of anilines is 1. The minimum atomic E-state index is -0.409. The van der Waals surface area contributed by atoms with Crippen LogP contribution >= 0.6 is 11.3 Å². The lowest BCUT2D eigenvalue weighted by molar-refractivity contribution is 0.0526. The summed E-state index contributed by atoms with van der Waals surface area (Å²) in [5.74, 6) is -0.773. The first-order chi connectivity index (χ1) is 12.1. The number of ether oxygens (including phenoxy) is 1. The topological polar surface area (TPSA) is 72.5 Å². The molecule has 1 aromatic heterocycles. The van der Waals surface area contributed by atoms with Crippen LogP contribution in [0.25, 0.3) is 10.8 Å². The number of hydrogen-bond acceptors (Lipinski definition) is 5. The first-order valence-corrected chi connectivity index (χ1v) is 8.51. The van der Waals surface area contributed by atoms with Gasteiger partial charge in [0, 0.05) is 11.1 Å². The molecule has 3 aromatic rings. The molecule has 3 rings (SSSR count). The molecule has 0 aliphatic carbocycles. The van der Waals surface area contributed by atoms with Crippen molar-refractivity contribution in [2.45, 2.75) is 6.92 Å². The maximum absolute atomic E-state index is 12.4. The second kappa shape index (κ2) is 7.27. The van der Waals surface area contributed by atoms with E-state index >= 15 is 0 Å². The summed E-state index contributed by atoms with van der Waals surface area (Å²) in [5.41, 5.74) is 0.945. The van der Waals surface area contributed by atoms with Gasteiger partial charge in [-0.2, -0.15) is 0 Å². The van der Waals surface area contributed by atoms with Crippen molar-refractivity contribution in [1.82, 2.24) is 0 Å². The van der Waals surface area contributed by atoms with E-state index in [1.165, 1.54) is 0 Å². The van der Waals surface area contributed by atoms with Gasteiger partial charge in [-0.3, -0.25) is 9.59 Å². The van der Waals surface area contributed by atoms with Crippen molar-refractivity contribution >= 4 is 39.7 Å². The maximum atomic E-state index is 12.4. The van der Waals surface area contributed by atoms with Crippen molar-refractivity contribution in [3.63, 3.8) is 0 Å². The number of amides is 1. The van der Waals surface area contributed by atoms with Crippen LogP contribution in [0.3, 0.4) is 0 Å². The van der Waals surface area contributed by atoms with Crippen LogP contribution in [0, 0.1) is 0 Å². The maximum Gasteiger partial charge on any atom is 0.338 e. The van der Waals surface area contributed by atoms with Gasteiger partial charge in [-0.15, -0.1) is 0 Å². The molecule has 0 atom stereocenters. The van der Waals surface area contributed by atoms with Gasteiger partial charge in [-0.05, 0) is 48.7 Å². The minimum Gasteiger partial charge on any atom is -0.462 e. The second-order valence-corrected chi connectivity index (χ2v) is 6.25. The van der Waals surface area contributed by atoms with Crippen LogP contribution in [0.4, 0.5) is 5.69 Å². The van der Waals surface area contributed by atoms with Gasteiger partial charge in [0.15, 0.2) is 0 Å². The Morgan fingerprint density at radius 3 is 2.52 bits per heavy atom. The summed E-state index contributed by atoms with van der Waals surface area (Å²) in [7, 11) is 0. The monoisotopic (exact) mass is 353 g/mol. The molecule has 0 fully saturated rings. The summed E-state index contributed by atoms with van der Waals surface area (Å²) < 4.78 is 4.76. The van der Waals surface area contributed by atoms with Crippen molar-refractivity contribution in [2.24, 2.45) is 0 Å². The number of fused-ring (bicyclic) bond motifs is 1. The summed E-state index contributed by atoms with van der Waals surface area (Å²) in [6.07, 6.45) is 0. The number of carbonyl (C=O) groups excluding carboxylic acids is 2. The van der Waals surface area contributed by atoms with E-state index in [4.69, 9.17) is 4.74 Å². The summed E-state index contributed by atoms with van der Waals surface area (Å²) in [6.45, 7) is 2.04. The zero-order valence-corrected chi connectivity index (χ0v) is 14.3. The Morgan fingerprint density at radius 2 is 1.80 bits per heavy atom. The van der Waals surface area contributed by atoms with E-state index in [2.05, 4.69) is 5.32 Å². The highest BCUT2D eigenvalue weighted by Crippen LogP contribution is 2.17. The molecule has 0 bridgehead atoms. The van der Waals surface area contributed by atoms with Gasteiger partial charge in [0.25, 0.3) is 5.91 Å². The standard InChI is InChI=1S/C19H15NO4S/c1-2-24-18(22)12-7-9-14(10-8-12)20-17(21)16-11-13-5-3-4-6-15(13)19(23)25-16/h3-11H,2H2,1H3,(H,20,21). The molecule has 0 spiro atoms. The molecule has 0 unspecified atom stereocenters. The van der Waals surface area contributed by atoms with Gasteiger partial charge in [0.2, 0.25) is 4.74 Å². The predicted octanol–water partition coefficient (Wildman–Crippen LogP) is 3.69. The van der Waals surface area contributed by atoms with Crippen LogP contribution in [0.5, 0.6) is 0 Å². The molecular weight excluding hydrogens is 338 g/mol. The Labute approximate surface area is 147 Å². The van der Waals surface area contributed by atoms with Crippen molar-refractivity contribution in [3.05, 3.63) is 74.6 Å². The third-order valence-electron chi connectivity index (χ3n) is 3.55. The number of rotatable bonds is 4. The van der Waals surface area contributed by atoms with Crippen LogP contribution in [-0.4, -0.2) is 18.5 Å². The van der Waals surface area contributed by atoms with E-state index in [9.17, 15) is 14.4 Å². The first-order valence-electron chi connectivity index (χ1n) is 7.70. The van der Waals surface area contributed by atoms with Gasteiger partial charge >= 0.3 is 5.97 Å². The lowest BCUT2D eigenvalue weighted by atomic mass is 10.2. The third kappa shape index (κ3) is 3.75. The van der Waals surface area contributed by atoms with Crippen molar-refractivity contribution in [3.8, 4) is 0 Å². The molecule has 1 heterocycles. The lowest BCUT2D eigenvalue weighted by Crippen LogP contribution is -2.13. The van der Waals surface area contributed by atoms with E-state index < -0.39 is 5.97 Å². The molecule has 0 radical (unpaired) electrons. The summed E-state index contributed by atoms with van der Waals surface area (Å²) in [4.78, 5) is 36.5. The summed E-state index contributed by atoms with van der Waals surface area (Å²) in [5, 5.41) is 4.06. The van der Waals surface area contributed by atoms with E-state index in [-0.39, 0.29) is 10.6 Å². The average molecular weight is 353 g/mol. The Balaban J connectivity index is 1.80. The van der Waals surface area contributed by atoms with Crippen LogP contribution < -0.4 is 10.1 Å². The predicted molar refractivity (Wildman–Crippen MR) is 98.4 cm³/mol. The molecule has 6 heteroatoms. The third-order valence-corrected chi connectivity index (χ3v) is 4.48. The van der Waals surface area contributed by atoms with Crippen molar-refractivity contribution in [2.75, 3.05) is 11.9 Å². The molecule has 5 nitrogen and oxygen atoms in total. The summed E-state index contributed by atoms with van der Waals surface area (Å²) in [6, 6.07) is 15.3. The molecule has 1 amide bonds. The number of hydrogen-bond donors (Lipinski definition) is 1. The fourth-order valence-electron chi connectivity index (χ4n) is 2.34. The van der Waals surface area contributed by atoms with Gasteiger partial charge in [-0.25, -0.2) is 4.79 Å². The van der Waals surface area contributed by atoms with E-state index in [0.717, 1.165) is 16.7 Å². The van der Waals surface area contributed by atoms with Gasteiger partial charge in [0.1, 0.15) is 0 Å². The average Bonchev–Trinajstić information content (AvgIpc) is 2.62. The molecule has 0 aliphatic heterocycles. The second-order valence-electron chi connectivity index (χ2n) is 5.24. The molecular formula is C19H15NO4S. The molecule has 25 heavy (non-hydrogen) atoms. The smallest absolute Gasteiger partial charge is 0.338 e. The van der Waals surface area contributed by atoms with Crippen LogP contribution in [0.15, 0.2) is 59.4 Å². The fourth-order valence-corrected chi connectivity index (χ4v) is 3.17. The zero-order valence-electron chi connectivity index (χ0n) is 13.4. The lowest BCUT2D eigenvalue weighted by Gasteiger charge is -2.07. The van der Waals surface area contributed by atoms with Gasteiger partial charge < -0.3 is 10.1 Å². The largest absolute Gasteiger partial charge is 0.462 e. The van der Waals surface area contributed by atoms with Crippen LogP contribution in [0.1, 0.15) is 27.0 Å². The number of esters is 1. The molecule has 0 aliphatic rings. The van der Waals surface area contributed by atoms with Crippen LogP contribution in [0.2, 0.25) is 0 Å². The Bertz CT molecular complexity index is 992. The fraction of sp³-hybridized carbons (Fsp3) is 0.105. The minimum absolute atomic E-state index is 0.152. The normalized spacial score (nSPS) is 10.4. The molecule has 1 N–H and O–H groups in total. The van der Waals surface area contributed by atoms with Crippen molar-refractivity contribution < 1.29 is 14.3 Å². The molecule has 126 valence electrons. The number of nitrogens with one attached hydrogen (secondary N) is 1. The molecule has 0 saturated heterocycles. The Morgan fingerprint density at radius 1 is 1.08 bits per heavy atom. The SMILES string of the molecule is CCOC(=O)c1ccc(NC(=O)c2cc3ccccc3c(=O)s2)cc1.